The number of thiocarbonyl (C=S) groups is 1. The smallest absolute Gasteiger partial charge is 0.317 e. The highest BCUT2D eigenvalue weighted by Crippen LogP contribution is 2.18. The predicted octanol–water partition coefficient (Wildman–Crippen LogP) is 3.29. The zero-order valence-corrected chi connectivity index (χ0v) is 16.5. The molecule has 0 saturated carbocycles. The second kappa shape index (κ2) is 9.20. The molecule has 5 nitrogen and oxygen atoms in total. The average Bonchev–Trinajstić information content (AvgIpc) is 3.09. The average molecular weight is 381 g/mol. The highest BCUT2D eigenvalue weighted by molar-refractivity contribution is 8.23. The first-order valence-corrected chi connectivity index (χ1v) is 9.75. The lowest BCUT2D eigenvalue weighted by Crippen LogP contribution is -2.31. The van der Waals surface area contributed by atoms with Gasteiger partial charge in [-0.2, -0.15) is 0 Å². The van der Waals surface area contributed by atoms with Gasteiger partial charge in [-0.15, -0.1) is 0 Å². The van der Waals surface area contributed by atoms with Crippen LogP contribution in [-0.2, 0) is 14.3 Å². The Kier molecular flexibility index (Phi) is 7.25. The first-order chi connectivity index (χ1) is 11.9. The zero-order chi connectivity index (χ0) is 18.4. The quantitative estimate of drug-likeness (QED) is 0.625. The maximum atomic E-state index is 12.2. The molecule has 1 aliphatic rings. The van der Waals surface area contributed by atoms with Crippen LogP contribution in [0.5, 0.6) is 0 Å². The number of benzene rings is 1. The van der Waals surface area contributed by atoms with Gasteiger partial charge >= 0.3 is 5.97 Å². The van der Waals surface area contributed by atoms with Crippen LogP contribution < -0.4 is 5.32 Å². The Morgan fingerprint density at radius 1 is 1.32 bits per heavy atom. The van der Waals surface area contributed by atoms with Crippen LogP contribution in [0.2, 0.25) is 0 Å². The number of amides is 1. The Balaban J connectivity index is 1.77. The van der Waals surface area contributed by atoms with Crippen molar-refractivity contribution >= 4 is 45.9 Å². The minimum atomic E-state index is -0.853. The van der Waals surface area contributed by atoms with Gasteiger partial charge in [0.2, 0.25) is 0 Å². The molecule has 0 radical (unpaired) electrons. The topological polar surface area (TPSA) is 58.6 Å². The summed E-state index contributed by atoms with van der Waals surface area (Å²) in [5, 5.41) is 2.80. The van der Waals surface area contributed by atoms with Crippen molar-refractivity contribution in [2.75, 3.05) is 24.2 Å². The molecule has 0 unspecified atom stereocenters. The largest absolute Gasteiger partial charge is 0.452 e. The molecule has 1 aromatic carbocycles. The van der Waals surface area contributed by atoms with E-state index in [2.05, 4.69) is 10.2 Å². The summed E-state index contributed by atoms with van der Waals surface area (Å²) < 4.78 is 5.93. The van der Waals surface area contributed by atoms with Gasteiger partial charge in [-0.1, -0.05) is 41.7 Å². The Morgan fingerprint density at radius 2 is 2.00 bits per heavy atom. The number of aryl methyl sites for hydroxylation is 2. The maximum absolute atomic E-state index is 12.2. The molecule has 0 aromatic heterocycles. The standard InChI is InChI=1S/C18H24N2O3S2/c1-12-6-7-15(13(2)10-12)19-17(22)14(3)23-16(21)11-25-18(24)20-8-4-5-9-20/h6-7,10,14H,4-5,8-9,11H2,1-3H3,(H,19,22)/t14-/m1/s1. The summed E-state index contributed by atoms with van der Waals surface area (Å²) in [5.41, 5.74) is 2.82. The first kappa shape index (κ1) is 19.7. The van der Waals surface area contributed by atoms with Gasteiger partial charge < -0.3 is 15.0 Å². The van der Waals surface area contributed by atoms with Gasteiger partial charge in [0.25, 0.3) is 5.91 Å². The number of likely N-dealkylation sites (tertiary alicyclic amines) is 1. The first-order valence-electron chi connectivity index (χ1n) is 8.36. The molecule has 1 saturated heterocycles. The van der Waals surface area contributed by atoms with Crippen molar-refractivity contribution in [1.29, 1.82) is 0 Å². The normalized spacial score (nSPS) is 14.9. The van der Waals surface area contributed by atoms with Crippen LogP contribution in [0.25, 0.3) is 0 Å². The van der Waals surface area contributed by atoms with Crippen molar-refractivity contribution in [2.24, 2.45) is 0 Å². The van der Waals surface area contributed by atoms with Gasteiger partial charge in [-0.05, 0) is 45.2 Å². The van der Waals surface area contributed by atoms with Gasteiger partial charge in [0.1, 0.15) is 4.32 Å². The number of thioether (sulfide) groups is 1. The minimum absolute atomic E-state index is 0.122. The summed E-state index contributed by atoms with van der Waals surface area (Å²) in [7, 11) is 0. The minimum Gasteiger partial charge on any atom is -0.452 e. The molecule has 7 heteroatoms. The molecule has 1 fully saturated rings. The van der Waals surface area contributed by atoms with Gasteiger partial charge in [0.05, 0.1) is 5.75 Å². The van der Waals surface area contributed by atoms with Crippen molar-refractivity contribution in [3.63, 3.8) is 0 Å². The highest BCUT2D eigenvalue weighted by Gasteiger charge is 2.20. The molecule has 1 N–H and O–H groups in total. The molecule has 1 heterocycles. The van der Waals surface area contributed by atoms with E-state index in [9.17, 15) is 9.59 Å². The second-order valence-electron chi connectivity index (χ2n) is 6.19. The van der Waals surface area contributed by atoms with Gasteiger partial charge in [0, 0.05) is 18.8 Å². The lowest BCUT2D eigenvalue weighted by atomic mass is 10.1. The fourth-order valence-electron chi connectivity index (χ4n) is 2.58. The van der Waals surface area contributed by atoms with E-state index in [1.54, 1.807) is 6.92 Å². The van der Waals surface area contributed by atoms with E-state index in [0.29, 0.717) is 0 Å². The van der Waals surface area contributed by atoms with Crippen molar-refractivity contribution in [1.82, 2.24) is 4.90 Å². The Labute approximate surface area is 158 Å². The van der Waals surface area contributed by atoms with Crippen LogP contribution in [0.3, 0.4) is 0 Å². The SMILES string of the molecule is Cc1ccc(NC(=O)[C@@H](C)OC(=O)CSC(=S)N2CCCC2)c(C)c1. The van der Waals surface area contributed by atoms with E-state index in [-0.39, 0.29) is 11.7 Å². The highest BCUT2D eigenvalue weighted by atomic mass is 32.2. The van der Waals surface area contributed by atoms with Gasteiger partial charge in [-0.25, -0.2) is 0 Å². The van der Waals surface area contributed by atoms with E-state index in [1.165, 1.54) is 11.8 Å². The number of anilines is 1. The number of nitrogens with one attached hydrogen (secondary N) is 1. The third-order valence-electron chi connectivity index (χ3n) is 3.99. The molecule has 1 aromatic rings. The molecule has 0 spiro atoms. The zero-order valence-electron chi connectivity index (χ0n) is 14.8. The van der Waals surface area contributed by atoms with E-state index in [4.69, 9.17) is 17.0 Å². The fraction of sp³-hybridized carbons (Fsp3) is 0.500. The molecular formula is C18H24N2O3S2. The van der Waals surface area contributed by atoms with Gasteiger partial charge in [-0.3, -0.25) is 9.59 Å². The van der Waals surface area contributed by atoms with E-state index in [0.717, 1.165) is 47.1 Å². The number of hydrogen-bond donors (Lipinski definition) is 1. The van der Waals surface area contributed by atoms with Crippen LogP contribution in [0.15, 0.2) is 18.2 Å². The van der Waals surface area contributed by atoms with Crippen molar-refractivity contribution in [2.45, 2.75) is 39.7 Å². The number of esters is 1. The van der Waals surface area contributed by atoms with Gasteiger partial charge in [0.15, 0.2) is 6.10 Å². The van der Waals surface area contributed by atoms with E-state index < -0.39 is 12.1 Å². The molecule has 0 aliphatic carbocycles. The fourth-order valence-corrected chi connectivity index (χ4v) is 3.62. The molecular weight excluding hydrogens is 356 g/mol. The number of nitrogens with zero attached hydrogens (tertiary/aromatic N) is 1. The molecule has 1 atom stereocenters. The number of carbonyl (C=O) groups excluding carboxylic acids is 2. The summed E-state index contributed by atoms with van der Waals surface area (Å²) in [5.74, 6) is -0.654. The summed E-state index contributed by atoms with van der Waals surface area (Å²) >= 11 is 6.61. The summed E-state index contributed by atoms with van der Waals surface area (Å²) in [4.78, 5) is 26.2. The van der Waals surface area contributed by atoms with Crippen molar-refractivity contribution in [3.8, 4) is 0 Å². The van der Waals surface area contributed by atoms with Crippen LogP contribution in [0, 0.1) is 13.8 Å². The van der Waals surface area contributed by atoms with Crippen LogP contribution >= 0.6 is 24.0 Å². The summed E-state index contributed by atoms with van der Waals surface area (Å²) in [6, 6.07) is 5.76. The molecule has 136 valence electrons. The van der Waals surface area contributed by atoms with Crippen LogP contribution in [0.1, 0.15) is 30.9 Å². The summed E-state index contributed by atoms with van der Waals surface area (Å²) in [6.45, 7) is 7.40. The number of hydrogen-bond acceptors (Lipinski definition) is 5. The molecule has 1 amide bonds. The third-order valence-corrected chi connectivity index (χ3v) is 5.49. The predicted molar refractivity (Wildman–Crippen MR) is 106 cm³/mol. The maximum Gasteiger partial charge on any atom is 0.317 e. The molecule has 25 heavy (non-hydrogen) atoms. The Morgan fingerprint density at radius 3 is 2.64 bits per heavy atom. The Bertz CT molecular complexity index is 658. The summed E-state index contributed by atoms with van der Waals surface area (Å²) in [6.07, 6.45) is 1.43. The lowest BCUT2D eigenvalue weighted by Gasteiger charge is -2.18. The van der Waals surface area contributed by atoms with Crippen LogP contribution in [0.4, 0.5) is 5.69 Å². The number of rotatable bonds is 5. The number of carbonyl (C=O) groups is 2. The van der Waals surface area contributed by atoms with E-state index >= 15 is 0 Å². The molecule has 1 aliphatic heterocycles. The monoisotopic (exact) mass is 380 g/mol. The second-order valence-corrected chi connectivity index (χ2v) is 7.80. The third kappa shape index (κ3) is 6.01. The molecule has 2 rings (SSSR count). The van der Waals surface area contributed by atoms with E-state index in [1.807, 2.05) is 32.0 Å². The van der Waals surface area contributed by atoms with Crippen molar-refractivity contribution in [3.05, 3.63) is 29.3 Å². The lowest BCUT2D eigenvalue weighted by molar-refractivity contribution is -0.150. The number of ether oxygens (including phenoxy) is 1. The van der Waals surface area contributed by atoms with Crippen molar-refractivity contribution < 1.29 is 14.3 Å². The molecule has 0 bridgehead atoms. The van der Waals surface area contributed by atoms with Crippen LogP contribution in [-0.4, -0.2) is 46.0 Å². The Hall–Kier alpha value is -1.60.